The third-order valence-corrected chi connectivity index (χ3v) is 3.77. The highest BCUT2D eigenvalue weighted by Crippen LogP contribution is 2.22. The predicted molar refractivity (Wildman–Crippen MR) is 82.7 cm³/mol. The van der Waals surface area contributed by atoms with Crippen LogP contribution in [0.1, 0.15) is 19.8 Å². The van der Waals surface area contributed by atoms with E-state index in [4.69, 9.17) is 5.73 Å². The summed E-state index contributed by atoms with van der Waals surface area (Å²) in [5, 5.41) is 4.52. The first-order valence-electron chi connectivity index (χ1n) is 7.21. The van der Waals surface area contributed by atoms with Gasteiger partial charge in [0, 0.05) is 23.7 Å². The van der Waals surface area contributed by atoms with E-state index in [1.165, 1.54) is 25.9 Å². The van der Waals surface area contributed by atoms with Gasteiger partial charge in [0.15, 0.2) is 0 Å². The van der Waals surface area contributed by atoms with Crippen molar-refractivity contribution in [3.05, 3.63) is 24.5 Å². The summed E-state index contributed by atoms with van der Waals surface area (Å²) in [6, 6.07) is 6.12. The highest BCUT2D eigenvalue weighted by atomic mass is 15.2. The highest BCUT2D eigenvalue weighted by Gasteiger charge is 2.15. The van der Waals surface area contributed by atoms with Gasteiger partial charge in [-0.25, -0.2) is 9.97 Å². The summed E-state index contributed by atoms with van der Waals surface area (Å²) in [6.07, 6.45) is 4.23. The van der Waals surface area contributed by atoms with Crippen molar-refractivity contribution in [3.8, 4) is 0 Å². The maximum absolute atomic E-state index is 5.80. The number of aromatic nitrogens is 2. The summed E-state index contributed by atoms with van der Waals surface area (Å²) in [5.74, 6) is 0.890. The van der Waals surface area contributed by atoms with E-state index in [2.05, 4.69) is 27.1 Å². The molecule has 1 saturated heterocycles. The topological polar surface area (TPSA) is 67.1 Å². The molecule has 5 heteroatoms. The van der Waals surface area contributed by atoms with Crippen LogP contribution in [0.2, 0.25) is 0 Å². The van der Waals surface area contributed by atoms with Gasteiger partial charge in [-0.2, -0.15) is 0 Å². The van der Waals surface area contributed by atoms with Gasteiger partial charge < -0.3 is 16.0 Å². The fraction of sp³-hybridized carbons (Fsp3) is 0.467. The zero-order chi connectivity index (χ0) is 13.9. The molecule has 1 aromatic heterocycles. The Kier molecular flexibility index (Phi) is 3.69. The second-order valence-electron chi connectivity index (χ2n) is 5.55. The smallest absolute Gasteiger partial charge is 0.137 e. The molecule has 1 unspecified atom stereocenters. The van der Waals surface area contributed by atoms with Crippen molar-refractivity contribution < 1.29 is 0 Å². The summed E-state index contributed by atoms with van der Waals surface area (Å²) >= 11 is 0. The monoisotopic (exact) mass is 271 g/mol. The Hall–Kier alpha value is -1.88. The summed E-state index contributed by atoms with van der Waals surface area (Å²) in [6.45, 7) is 5.68. The summed E-state index contributed by atoms with van der Waals surface area (Å²) in [5.41, 5.74) is 7.41. The lowest BCUT2D eigenvalue weighted by Crippen LogP contribution is -2.33. The van der Waals surface area contributed by atoms with Gasteiger partial charge in [0.05, 0.1) is 5.52 Å². The number of benzene rings is 1. The largest absolute Gasteiger partial charge is 0.399 e. The van der Waals surface area contributed by atoms with Crippen LogP contribution in [0.25, 0.3) is 10.9 Å². The summed E-state index contributed by atoms with van der Waals surface area (Å²) in [7, 11) is 0. The molecule has 0 amide bonds. The third kappa shape index (κ3) is 2.82. The van der Waals surface area contributed by atoms with Crippen LogP contribution in [0.3, 0.4) is 0 Å². The SMILES string of the molecule is CC(CN1CCCC1)Nc1ncnc2cc(N)ccc12. The van der Waals surface area contributed by atoms with Crippen molar-refractivity contribution in [2.45, 2.75) is 25.8 Å². The van der Waals surface area contributed by atoms with Crippen LogP contribution >= 0.6 is 0 Å². The van der Waals surface area contributed by atoms with E-state index in [1.54, 1.807) is 6.33 Å². The zero-order valence-electron chi connectivity index (χ0n) is 11.8. The molecule has 1 fully saturated rings. The zero-order valence-corrected chi connectivity index (χ0v) is 11.8. The van der Waals surface area contributed by atoms with Gasteiger partial charge in [0.25, 0.3) is 0 Å². The standard InChI is InChI=1S/C15H21N5/c1-11(9-20-6-2-3-7-20)19-15-13-5-4-12(16)8-14(13)17-10-18-15/h4-5,8,10-11H,2-3,6-7,9,16H2,1H3,(H,17,18,19). The van der Waals surface area contributed by atoms with Gasteiger partial charge in [-0.15, -0.1) is 0 Å². The Bertz CT molecular complexity index is 592. The lowest BCUT2D eigenvalue weighted by atomic mass is 10.2. The number of nitrogens with one attached hydrogen (secondary N) is 1. The molecule has 0 saturated carbocycles. The molecule has 0 aliphatic carbocycles. The van der Waals surface area contributed by atoms with E-state index < -0.39 is 0 Å². The Balaban J connectivity index is 1.76. The van der Waals surface area contributed by atoms with Crippen molar-refractivity contribution in [2.24, 2.45) is 0 Å². The van der Waals surface area contributed by atoms with Crippen molar-refractivity contribution in [1.82, 2.24) is 14.9 Å². The Morgan fingerprint density at radius 2 is 2.10 bits per heavy atom. The molecule has 0 bridgehead atoms. The van der Waals surface area contributed by atoms with Crippen LogP contribution in [0.5, 0.6) is 0 Å². The fourth-order valence-corrected chi connectivity index (χ4v) is 2.82. The first kappa shape index (κ1) is 13.1. The Morgan fingerprint density at radius 1 is 1.30 bits per heavy atom. The molecule has 1 aromatic carbocycles. The summed E-state index contributed by atoms with van der Waals surface area (Å²) < 4.78 is 0. The number of anilines is 2. The Labute approximate surface area is 119 Å². The van der Waals surface area contributed by atoms with Crippen molar-refractivity contribution in [1.29, 1.82) is 0 Å². The highest BCUT2D eigenvalue weighted by molar-refractivity contribution is 5.90. The van der Waals surface area contributed by atoms with Gasteiger partial charge in [-0.3, -0.25) is 0 Å². The van der Waals surface area contributed by atoms with E-state index >= 15 is 0 Å². The average Bonchev–Trinajstić information content (AvgIpc) is 2.91. The van der Waals surface area contributed by atoms with E-state index in [0.717, 1.165) is 29.0 Å². The molecule has 1 aliphatic rings. The lowest BCUT2D eigenvalue weighted by Gasteiger charge is -2.22. The summed E-state index contributed by atoms with van der Waals surface area (Å²) in [4.78, 5) is 11.1. The number of nitrogens with two attached hydrogens (primary N) is 1. The number of likely N-dealkylation sites (tertiary alicyclic amines) is 1. The van der Waals surface area contributed by atoms with Crippen LogP contribution in [0.15, 0.2) is 24.5 Å². The lowest BCUT2D eigenvalue weighted by molar-refractivity contribution is 0.327. The minimum atomic E-state index is 0.365. The Morgan fingerprint density at radius 3 is 2.90 bits per heavy atom. The molecular weight excluding hydrogens is 250 g/mol. The number of hydrogen-bond donors (Lipinski definition) is 2. The molecule has 0 radical (unpaired) electrons. The molecule has 2 heterocycles. The van der Waals surface area contributed by atoms with Gasteiger partial charge >= 0.3 is 0 Å². The van der Waals surface area contributed by atoms with Gasteiger partial charge in [0.1, 0.15) is 12.1 Å². The molecule has 3 rings (SSSR count). The molecule has 2 aromatic rings. The molecule has 1 atom stereocenters. The molecule has 5 nitrogen and oxygen atoms in total. The minimum Gasteiger partial charge on any atom is -0.399 e. The van der Waals surface area contributed by atoms with Crippen LogP contribution in [0.4, 0.5) is 11.5 Å². The first-order valence-corrected chi connectivity index (χ1v) is 7.21. The second kappa shape index (κ2) is 5.63. The van der Waals surface area contributed by atoms with Gasteiger partial charge in [-0.05, 0) is 51.1 Å². The van der Waals surface area contributed by atoms with Crippen molar-refractivity contribution >= 4 is 22.4 Å². The average molecular weight is 271 g/mol. The van der Waals surface area contributed by atoms with Crippen molar-refractivity contribution in [3.63, 3.8) is 0 Å². The predicted octanol–water partition coefficient (Wildman–Crippen LogP) is 2.11. The molecule has 106 valence electrons. The maximum Gasteiger partial charge on any atom is 0.137 e. The molecular formula is C15H21N5. The van der Waals surface area contributed by atoms with Gasteiger partial charge in [0.2, 0.25) is 0 Å². The second-order valence-corrected chi connectivity index (χ2v) is 5.55. The first-order chi connectivity index (χ1) is 9.72. The number of nitrogens with zero attached hydrogens (tertiary/aromatic N) is 3. The number of nitrogen functional groups attached to an aromatic ring is 1. The van der Waals surface area contributed by atoms with Crippen LogP contribution < -0.4 is 11.1 Å². The van der Waals surface area contributed by atoms with E-state index in [1.807, 2.05) is 18.2 Å². The molecule has 0 spiro atoms. The minimum absolute atomic E-state index is 0.365. The number of hydrogen-bond acceptors (Lipinski definition) is 5. The number of fused-ring (bicyclic) bond motifs is 1. The number of rotatable bonds is 4. The van der Waals surface area contributed by atoms with E-state index in [9.17, 15) is 0 Å². The van der Waals surface area contributed by atoms with Crippen LogP contribution in [0, 0.1) is 0 Å². The molecule has 3 N–H and O–H groups in total. The third-order valence-electron chi connectivity index (χ3n) is 3.77. The molecule has 1 aliphatic heterocycles. The maximum atomic E-state index is 5.80. The van der Waals surface area contributed by atoms with Gasteiger partial charge in [-0.1, -0.05) is 0 Å². The molecule has 20 heavy (non-hydrogen) atoms. The van der Waals surface area contributed by atoms with Crippen molar-refractivity contribution in [2.75, 3.05) is 30.7 Å². The fourth-order valence-electron chi connectivity index (χ4n) is 2.82. The van der Waals surface area contributed by atoms with E-state index in [-0.39, 0.29) is 0 Å². The quantitative estimate of drug-likeness (QED) is 0.834. The van der Waals surface area contributed by atoms with E-state index in [0.29, 0.717) is 6.04 Å². The van der Waals surface area contributed by atoms with Crippen LogP contribution in [-0.4, -0.2) is 40.5 Å². The normalized spacial score (nSPS) is 17.4. The van der Waals surface area contributed by atoms with Crippen LogP contribution in [-0.2, 0) is 0 Å².